The topological polar surface area (TPSA) is 46.6 Å². The van der Waals surface area contributed by atoms with E-state index in [2.05, 4.69) is 0 Å². The molecule has 0 aromatic heterocycles. The van der Waals surface area contributed by atoms with Crippen molar-refractivity contribution in [2.24, 2.45) is 0 Å². The Morgan fingerprint density at radius 1 is 1.28 bits per heavy atom. The lowest BCUT2D eigenvalue weighted by molar-refractivity contribution is 0.134. The van der Waals surface area contributed by atoms with E-state index in [0.717, 1.165) is 5.56 Å². The molecule has 0 aliphatic heterocycles. The van der Waals surface area contributed by atoms with E-state index in [-0.39, 0.29) is 6.04 Å². The second-order valence-electron chi connectivity index (χ2n) is 4.27. The molecule has 0 heterocycles. The quantitative estimate of drug-likeness (QED) is 0.755. The van der Waals surface area contributed by atoms with Crippen LogP contribution in [0.2, 0.25) is 0 Å². The van der Waals surface area contributed by atoms with Crippen LogP contribution in [0.4, 0.5) is 0 Å². The fraction of sp³-hybridized carbons (Fsp3) is 0.538. The predicted molar refractivity (Wildman–Crippen MR) is 73.0 cm³/mol. The van der Waals surface area contributed by atoms with Crippen LogP contribution in [-0.2, 0) is 21.2 Å². The number of likely N-dealkylation sites (N-methyl/N-ethyl adjacent to an activating group) is 1. The van der Waals surface area contributed by atoms with Gasteiger partial charge in [-0.05, 0) is 12.0 Å². The molecule has 4 nitrogen and oxygen atoms in total. The molecule has 1 rings (SSSR count). The number of nitrogens with zero attached hydrogens (tertiary/aromatic N) is 1. The van der Waals surface area contributed by atoms with Gasteiger partial charge >= 0.3 is 0 Å². The van der Waals surface area contributed by atoms with Crippen LogP contribution in [0.25, 0.3) is 0 Å². The summed E-state index contributed by atoms with van der Waals surface area (Å²) in [6.45, 7) is 2.70. The van der Waals surface area contributed by atoms with Crippen LogP contribution in [-0.4, -0.2) is 45.3 Å². The fourth-order valence-corrected chi connectivity index (χ4v) is 3.23. The molecule has 0 fully saturated rings. The molecule has 1 aromatic carbocycles. The average Bonchev–Trinajstić information content (AvgIpc) is 2.29. The molecule has 0 spiro atoms. The van der Waals surface area contributed by atoms with Gasteiger partial charge in [-0.15, -0.1) is 0 Å². The Bertz CT molecular complexity index is 445. The van der Waals surface area contributed by atoms with Crippen molar-refractivity contribution in [2.75, 3.05) is 26.5 Å². The summed E-state index contributed by atoms with van der Waals surface area (Å²) in [6, 6.07) is 9.70. The minimum absolute atomic E-state index is 0.155. The zero-order valence-electron chi connectivity index (χ0n) is 11.2. The van der Waals surface area contributed by atoms with Gasteiger partial charge in [-0.25, -0.2) is 8.42 Å². The van der Waals surface area contributed by atoms with Gasteiger partial charge in [-0.1, -0.05) is 37.3 Å². The standard InChI is InChI=1S/C13H21NO3S/c1-4-14(18(3,15)16)13(11-17-2)10-12-8-6-5-7-9-12/h5-9,13H,4,10-11H2,1-3H3/t13-/m1/s1. The summed E-state index contributed by atoms with van der Waals surface area (Å²) in [5, 5.41) is 0. The Kier molecular flexibility index (Phi) is 5.78. The Balaban J connectivity index is 2.88. The number of methoxy groups -OCH3 is 1. The summed E-state index contributed by atoms with van der Waals surface area (Å²) < 4.78 is 30.1. The molecule has 0 saturated carbocycles. The molecular formula is C13H21NO3S. The van der Waals surface area contributed by atoms with Gasteiger partial charge in [0.05, 0.1) is 18.9 Å². The maximum absolute atomic E-state index is 11.7. The predicted octanol–water partition coefficient (Wildman–Crippen LogP) is 1.53. The minimum atomic E-state index is -3.20. The zero-order chi connectivity index (χ0) is 13.6. The van der Waals surface area contributed by atoms with Crippen LogP contribution in [0, 0.1) is 0 Å². The summed E-state index contributed by atoms with van der Waals surface area (Å²) in [5.41, 5.74) is 1.11. The van der Waals surface area contributed by atoms with E-state index in [1.165, 1.54) is 10.6 Å². The summed E-state index contributed by atoms with van der Waals surface area (Å²) >= 11 is 0. The van der Waals surface area contributed by atoms with Crippen molar-refractivity contribution in [3.63, 3.8) is 0 Å². The van der Waals surface area contributed by atoms with E-state index in [1.54, 1.807) is 7.11 Å². The Hall–Kier alpha value is -0.910. The van der Waals surface area contributed by atoms with Gasteiger partial charge in [0, 0.05) is 13.7 Å². The molecule has 0 N–H and O–H groups in total. The molecule has 0 bridgehead atoms. The Morgan fingerprint density at radius 3 is 2.33 bits per heavy atom. The smallest absolute Gasteiger partial charge is 0.211 e. The second kappa shape index (κ2) is 6.87. The summed E-state index contributed by atoms with van der Waals surface area (Å²) in [4.78, 5) is 0. The van der Waals surface area contributed by atoms with Crippen LogP contribution < -0.4 is 0 Å². The lowest BCUT2D eigenvalue weighted by Gasteiger charge is -2.28. The van der Waals surface area contributed by atoms with Gasteiger partial charge < -0.3 is 4.74 Å². The highest BCUT2D eigenvalue weighted by atomic mass is 32.2. The minimum Gasteiger partial charge on any atom is -0.383 e. The van der Waals surface area contributed by atoms with Crippen LogP contribution >= 0.6 is 0 Å². The highest BCUT2D eigenvalue weighted by Crippen LogP contribution is 2.12. The third-order valence-corrected chi connectivity index (χ3v) is 4.23. The third kappa shape index (κ3) is 4.40. The molecule has 18 heavy (non-hydrogen) atoms. The molecule has 0 unspecified atom stereocenters. The van der Waals surface area contributed by atoms with Gasteiger partial charge in [-0.2, -0.15) is 4.31 Å². The van der Waals surface area contributed by atoms with Crippen molar-refractivity contribution in [1.29, 1.82) is 0 Å². The second-order valence-corrected chi connectivity index (χ2v) is 6.20. The van der Waals surface area contributed by atoms with Crippen molar-refractivity contribution in [3.05, 3.63) is 35.9 Å². The molecule has 0 aliphatic carbocycles. The zero-order valence-corrected chi connectivity index (χ0v) is 12.0. The summed E-state index contributed by atoms with van der Waals surface area (Å²) in [7, 11) is -1.61. The lowest BCUT2D eigenvalue weighted by atomic mass is 10.1. The van der Waals surface area contributed by atoms with Gasteiger partial charge in [0.15, 0.2) is 0 Å². The Labute approximate surface area is 110 Å². The van der Waals surface area contributed by atoms with Crippen LogP contribution in [0.3, 0.4) is 0 Å². The highest BCUT2D eigenvalue weighted by Gasteiger charge is 2.25. The largest absolute Gasteiger partial charge is 0.383 e. The number of sulfonamides is 1. The van der Waals surface area contributed by atoms with Gasteiger partial charge in [0.2, 0.25) is 10.0 Å². The van der Waals surface area contributed by atoms with Gasteiger partial charge in [0.1, 0.15) is 0 Å². The van der Waals surface area contributed by atoms with Crippen molar-refractivity contribution in [2.45, 2.75) is 19.4 Å². The summed E-state index contributed by atoms with van der Waals surface area (Å²) in [5.74, 6) is 0. The van der Waals surface area contributed by atoms with E-state index in [0.29, 0.717) is 19.6 Å². The highest BCUT2D eigenvalue weighted by molar-refractivity contribution is 7.88. The van der Waals surface area contributed by atoms with Crippen molar-refractivity contribution < 1.29 is 13.2 Å². The van der Waals surface area contributed by atoms with E-state index in [4.69, 9.17) is 4.74 Å². The third-order valence-electron chi connectivity index (χ3n) is 2.82. The SMILES string of the molecule is CCN([C@@H](COC)Cc1ccccc1)S(C)(=O)=O. The molecule has 1 atom stereocenters. The van der Waals surface area contributed by atoms with E-state index in [1.807, 2.05) is 37.3 Å². The lowest BCUT2D eigenvalue weighted by Crippen LogP contribution is -2.43. The van der Waals surface area contributed by atoms with E-state index >= 15 is 0 Å². The van der Waals surface area contributed by atoms with Gasteiger partial charge in [0.25, 0.3) is 0 Å². The molecule has 0 radical (unpaired) electrons. The van der Waals surface area contributed by atoms with Gasteiger partial charge in [-0.3, -0.25) is 0 Å². The van der Waals surface area contributed by atoms with Crippen LogP contribution in [0.1, 0.15) is 12.5 Å². The monoisotopic (exact) mass is 271 g/mol. The van der Waals surface area contributed by atoms with Crippen molar-refractivity contribution >= 4 is 10.0 Å². The van der Waals surface area contributed by atoms with Crippen LogP contribution in [0.5, 0.6) is 0 Å². The van der Waals surface area contributed by atoms with Crippen molar-refractivity contribution in [3.8, 4) is 0 Å². The molecule has 1 aromatic rings. The van der Waals surface area contributed by atoms with E-state index in [9.17, 15) is 8.42 Å². The maximum Gasteiger partial charge on any atom is 0.211 e. The Morgan fingerprint density at radius 2 is 1.89 bits per heavy atom. The molecule has 0 amide bonds. The first-order valence-corrected chi connectivity index (χ1v) is 7.83. The fourth-order valence-electron chi connectivity index (χ4n) is 2.09. The number of hydrogen-bond donors (Lipinski definition) is 0. The van der Waals surface area contributed by atoms with Crippen LogP contribution in [0.15, 0.2) is 30.3 Å². The van der Waals surface area contributed by atoms with Crippen molar-refractivity contribution in [1.82, 2.24) is 4.31 Å². The first-order chi connectivity index (χ1) is 8.49. The number of hydrogen-bond acceptors (Lipinski definition) is 3. The average molecular weight is 271 g/mol. The first-order valence-electron chi connectivity index (χ1n) is 5.98. The molecular weight excluding hydrogens is 250 g/mol. The molecule has 0 aliphatic rings. The number of rotatable bonds is 7. The van der Waals surface area contributed by atoms with E-state index < -0.39 is 10.0 Å². The maximum atomic E-state index is 11.7. The molecule has 5 heteroatoms. The number of benzene rings is 1. The summed E-state index contributed by atoms with van der Waals surface area (Å²) in [6.07, 6.45) is 1.90. The molecule has 0 saturated heterocycles. The normalized spacial score (nSPS) is 13.8. The first kappa shape index (κ1) is 15.1. The number of ether oxygens (including phenoxy) is 1. The molecule has 102 valence electrons.